The van der Waals surface area contributed by atoms with Crippen LogP contribution >= 0.6 is 22.6 Å². The number of halogens is 2. The van der Waals surface area contributed by atoms with Crippen LogP contribution in [-0.2, 0) is 0 Å². The van der Waals surface area contributed by atoms with Crippen molar-refractivity contribution in [3.63, 3.8) is 0 Å². The molecule has 0 N–H and O–H groups in total. The van der Waals surface area contributed by atoms with Crippen molar-refractivity contribution in [3.8, 4) is 5.75 Å². The first-order valence-corrected chi connectivity index (χ1v) is 4.84. The number of benzene rings is 1. The molecule has 0 saturated heterocycles. The van der Waals surface area contributed by atoms with E-state index in [0.29, 0.717) is 16.5 Å². The van der Waals surface area contributed by atoms with Crippen LogP contribution in [-0.4, -0.2) is 12.9 Å². The summed E-state index contributed by atoms with van der Waals surface area (Å²) in [4.78, 5) is 10.6. The molecule has 0 atom stereocenters. The molecule has 0 bridgehead atoms. The molecule has 1 aromatic rings. The first-order valence-electron chi connectivity index (χ1n) is 3.76. The Balaban J connectivity index is 3.21. The van der Waals surface area contributed by atoms with E-state index in [0.717, 1.165) is 0 Å². The van der Waals surface area contributed by atoms with Gasteiger partial charge in [-0.15, -0.1) is 0 Å². The van der Waals surface area contributed by atoms with Crippen LogP contribution in [0.15, 0.2) is 12.1 Å². The first kappa shape index (κ1) is 10.4. The zero-order chi connectivity index (χ0) is 9.84. The summed E-state index contributed by atoms with van der Waals surface area (Å²) in [7, 11) is 0. The molecule has 0 unspecified atom stereocenters. The van der Waals surface area contributed by atoms with Gasteiger partial charge in [-0.05, 0) is 41.6 Å². The maximum absolute atomic E-state index is 13.2. The van der Waals surface area contributed by atoms with Gasteiger partial charge in [0.25, 0.3) is 0 Å². The van der Waals surface area contributed by atoms with Crippen LogP contribution in [0.3, 0.4) is 0 Å². The molecule has 0 aliphatic rings. The molecule has 4 heteroatoms. The van der Waals surface area contributed by atoms with Crippen molar-refractivity contribution < 1.29 is 13.9 Å². The van der Waals surface area contributed by atoms with Gasteiger partial charge in [-0.3, -0.25) is 4.79 Å². The molecule has 0 aliphatic carbocycles. The van der Waals surface area contributed by atoms with Gasteiger partial charge in [0.05, 0.1) is 12.2 Å². The van der Waals surface area contributed by atoms with Crippen LogP contribution in [0.4, 0.5) is 4.39 Å². The van der Waals surface area contributed by atoms with Crippen LogP contribution in [0.25, 0.3) is 0 Å². The standard InChI is InChI=1S/C9H8FIO2/c1-2-13-9-6(5-12)3-7(11)4-8(9)10/h3-5H,2H2,1H3. The molecule has 1 rings (SSSR count). The molecule has 2 nitrogen and oxygen atoms in total. The smallest absolute Gasteiger partial charge is 0.166 e. The van der Waals surface area contributed by atoms with E-state index in [-0.39, 0.29) is 11.3 Å². The Morgan fingerprint density at radius 3 is 2.85 bits per heavy atom. The summed E-state index contributed by atoms with van der Waals surface area (Å²) in [6.45, 7) is 2.09. The molecular weight excluding hydrogens is 286 g/mol. The van der Waals surface area contributed by atoms with E-state index >= 15 is 0 Å². The number of aldehydes is 1. The number of carbonyl (C=O) groups excluding carboxylic acids is 1. The van der Waals surface area contributed by atoms with Gasteiger partial charge >= 0.3 is 0 Å². The highest BCUT2D eigenvalue weighted by atomic mass is 127. The van der Waals surface area contributed by atoms with Crippen LogP contribution in [0.1, 0.15) is 17.3 Å². The summed E-state index contributed by atoms with van der Waals surface area (Å²) in [5, 5.41) is 0. The number of ether oxygens (including phenoxy) is 1. The van der Waals surface area contributed by atoms with E-state index in [1.807, 2.05) is 22.6 Å². The Morgan fingerprint density at radius 1 is 1.62 bits per heavy atom. The van der Waals surface area contributed by atoms with Gasteiger partial charge in [-0.2, -0.15) is 0 Å². The van der Waals surface area contributed by atoms with E-state index in [1.165, 1.54) is 6.07 Å². The molecular formula is C9H8FIO2. The quantitative estimate of drug-likeness (QED) is 0.633. The maximum atomic E-state index is 13.2. The van der Waals surface area contributed by atoms with Crippen molar-refractivity contribution in [1.29, 1.82) is 0 Å². The van der Waals surface area contributed by atoms with Gasteiger partial charge in [-0.1, -0.05) is 0 Å². The summed E-state index contributed by atoms with van der Waals surface area (Å²) in [6, 6.07) is 2.92. The lowest BCUT2D eigenvalue weighted by Gasteiger charge is -2.07. The van der Waals surface area contributed by atoms with Crippen LogP contribution in [0.2, 0.25) is 0 Å². The minimum absolute atomic E-state index is 0.0397. The second-order valence-corrected chi connectivity index (χ2v) is 3.60. The third-order valence-corrected chi connectivity index (χ3v) is 2.08. The van der Waals surface area contributed by atoms with Gasteiger partial charge in [-0.25, -0.2) is 4.39 Å². The van der Waals surface area contributed by atoms with Gasteiger partial charge in [0.2, 0.25) is 0 Å². The van der Waals surface area contributed by atoms with Crippen molar-refractivity contribution in [2.75, 3.05) is 6.61 Å². The van der Waals surface area contributed by atoms with Gasteiger partial charge in [0.15, 0.2) is 17.9 Å². The first-order chi connectivity index (χ1) is 6.19. The molecule has 0 saturated carbocycles. The second-order valence-electron chi connectivity index (χ2n) is 2.36. The molecule has 70 valence electrons. The van der Waals surface area contributed by atoms with Crippen molar-refractivity contribution in [3.05, 3.63) is 27.1 Å². The molecule has 0 fully saturated rings. The average molecular weight is 294 g/mol. The summed E-state index contributed by atoms with van der Waals surface area (Å²) in [5.74, 6) is -0.450. The summed E-state index contributed by atoms with van der Waals surface area (Å²) < 4.78 is 18.9. The van der Waals surface area contributed by atoms with Gasteiger partial charge < -0.3 is 4.74 Å². The largest absolute Gasteiger partial charge is 0.490 e. The molecule has 0 aromatic heterocycles. The molecule has 0 radical (unpaired) electrons. The topological polar surface area (TPSA) is 26.3 Å². The van der Waals surface area contributed by atoms with Crippen molar-refractivity contribution in [2.24, 2.45) is 0 Å². The molecule has 0 spiro atoms. The molecule has 1 aromatic carbocycles. The lowest BCUT2D eigenvalue weighted by molar-refractivity contribution is 0.111. The third kappa shape index (κ3) is 2.40. The SMILES string of the molecule is CCOc1c(F)cc(I)cc1C=O. The van der Waals surface area contributed by atoms with Crippen LogP contribution in [0.5, 0.6) is 5.75 Å². The van der Waals surface area contributed by atoms with E-state index in [4.69, 9.17) is 4.74 Å². The fourth-order valence-corrected chi connectivity index (χ4v) is 1.57. The van der Waals surface area contributed by atoms with Gasteiger partial charge in [0.1, 0.15) is 0 Å². The Labute approximate surface area is 89.2 Å². The number of hydrogen-bond donors (Lipinski definition) is 0. The normalized spacial score (nSPS) is 9.77. The lowest BCUT2D eigenvalue weighted by atomic mass is 10.2. The average Bonchev–Trinajstić information content (AvgIpc) is 2.09. The molecule has 0 amide bonds. The maximum Gasteiger partial charge on any atom is 0.166 e. The Bertz CT molecular complexity index is 326. The lowest BCUT2D eigenvalue weighted by Crippen LogP contribution is -1.99. The highest BCUT2D eigenvalue weighted by molar-refractivity contribution is 14.1. The predicted octanol–water partition coefficient (Wildman–Crippen LogP) is 2.64. The van der Waals surface area contributed by atoms with Crippen LogP contribution in [0, 0.1) is 9.39 Å². The summed E-state index contributed by atoms with van der Waals surface area (Å²) in [6.07, 6.45) is 0.593. The summed E-state index contributed by atoms with van der Waals surface area (Å²) >= 11 is 1.95. The van der Waals surface area contributed by atoms with Crippen molar-refractivity contribution >= 4 is 28.9 Å². The van der Waals surface area contributed by atoms with E-state index in [1.54, 1.807) is 13.0 Å². The fourth-order valence-electron chi connectivity index (χ4n) is 0.964. The second kappa shape index (κ2) is 4.55. The fraction of sp³-hybridized carbons (Fsp3) is 0.222. The van der Waals surface area contributed by atoms with Gasteiger partial charge in [0, 0.05) is 3.57 Å². The van der Waals surface area contributed by atoms with E-state index in [9.17, 15) is 9.18 Å². The zero-order valence-corrected chi connectivity index (χ0v) is 9.17. The van der Waals surface area contributed by atoms with Crippen molar-refractivity contribution in [1.82, 2.24) is 0 Å². The van der Waals surface area contributed by atoms with E-state index in [2.05, 4.69) is 0 Å². The number of rotatable bonds is 3. The predicted molar refractivity (Wildman–Crippen MR) is 55.7 cm³/mol. The Morgan fingerprint density at radius 2 is 2.31 bits per heavy atom. The molecule has 0 aliphatic heterocycles. The van der Waals surface area contributed by atoms with Crippen molar-refractivity contribution in [2.45, 2.75) is 6.92 Å². The third-order valence-electron chi connectivity index (χ3n) is 1.45. The summed E-state index contributed by atoms with van der Waals surface area (Å²) in [5.41, 5.74) is 0.256. The molecule has 0 heterocycles. The Kier molecular flexibility index (Phi) is 3.65. The zero-order valence-electron chi connectivity index (χ0n) is 7.01. The minimum Gasteiger partial charge on any atom is -0.490 e. The molecule has 13 heavy (non-hydrogen) atoms. The monoisotopic (exact) mass is 294 g/mol. The number of carbonyl (C=O) groups is 1. The van der Waals surface area contributed by atoms with Crippen LogP contribution < -0.4 is 4.74 Å². The highest BCUT2D eigenvalue weighted by Gasteiger charge is 2.10. The van der Waals surface area contributed by atoms with E-state index < -0.39 is 5.82 Å². The Hall–Kier alpha value is -0.650. The minimum atomic E-state index is -0.490. The number of hydrogen-bond acceptors (Lipinski definition) is 2. The highest BCUT2D eigenvalue weighted by Crippen LogP contribution is 2.24.